The second-order valence-corrected chi connectivity index (χ2v) is 6.88. The molecule has 1 aliphatic rings. The van der Waals surface area contributed by atoms with E-state index in [1.807, 2.05) is 13.0 Å². The average molecular weight is 349 g/mol. The van der Waals surface area contributed by atoms with Gasteiger partial charge in [0.1, 0.15) is 5.56 Å². The van der Waals surface area contributed by atoms with Crippen LogP contribution in [-0.2, 0) is 6.54 Å². The number of carboxylic acids is 1. The Morgan fingerprint density at radius 3 is 2.79 bits per heavy atom. The molecule has 2 aromatic rings. The summed E-state index contributed by atoms with van der Waals surface area (Å²) in [6.45, 7) is 6.61. The fourth-order valence-corrected chi connectivity index (χ4v) is 3.75. The van der Waals surface area contributed by atoms with E-state index >= 15 is 0 Å². The van der Waals surface area contributed by atoms with Gasteiger partial charge >= 0.3 is 5.97 Å². The number of carboxylic acid groups (broad SMARTS) is 1. The minimum Gasteiger partial charge on any atom is -0.477 e. The van der Waals surface area contributed by atoms with Crippen LogP contribution in [0, 0.1) is 5.92 Å². The number of aromatic carboxylic acids is 1. The van der Waals surface area contributed by atoms with Crippen molar-refractivity contribution in [1.29, 1.82) is 0 Å². The van der Waals surface area contributed by atoms with Crippen LogP contribution in [0.1, 0.15) is 37.0 Å². The van der Waals surface area contributed by atoms with Gasteiger partial charge in [0.25, 0.3) is 0 Å². The maximum atomic E-state index is 12.5. The van der Waals surface area contributed by atoms with Gasteiger partial charge in [0.15, 0.2) is 0 Å². The summed E-state index contributed by atoms with van der Waals surface area (Å²) in [4.78, 5) is 26.0. The van der Waals surface area contributed by atoms with Crippen molar-refractivity contribution in [2.75, 3.05) is 18.0 Å². The van der Waals surface area contributed by atoms with Gasteiger partial charge in [0.2, 0.25) is 5.43 Å². The zero-order chi connectivity index (χ0) is 17.4. The molecule has 1 aliphatic heterocycles. The molecule has 1 atom stereocenters. The second-order valence-electron chi connectivity index (χ2n) is 6.48. The number of hydrogen-bond acceptors (Lipinski definition) is 3. The number of hydrogen-bond donors (Lipinski definition) is 1. The number of aryl methyl sites for hydroxylation is 1. The van der Waals surface area contributed by atoms with E-state index in [0.29, 0.717) is 22.9 Å². The summed E-state index contributed by atoms with van der Waals surface area (Å²) in [7, 11) is 0. The van der Waals surface area contributed by atoms with Gasteiger partial charge in [-0.15, -0.1) is 0 Å². The van der Waals surface area contributed by atoms with Gasteiger partial charge in [-0.1, -0.05) is 18.5 Å². The number of piperidine rings is 1. The highest BCUT2D eigenvalue weighted by atomic mass is 35.5. The average Bonchev–Trinajstić information content (AvgIpc) is 2.55. The van der Waals surface area contributed by atoms with E-state index in [1.54, 1.807) is 10.6 Å². The Bertz CT molecular complexity index is 859. The largest absolute Gasteiger partial charge is 0.477 e. The first kappa shape index (κ1) is 16.8. The topological polar surface area (TPSA) is 62.5 Å². The summed E-state index contributed by atoms with van der Waals surface area (Å²) < 4.78 is 1.80. The van der Waals surface area contributed by atoms with E-state index in [4.69, 9.17) is 11.6 Å². The first-order chi connectivity index (χ1) is 11.4. The minimum atomic E-state index is -1.21. The predicted octanol–water partition coefficient (Wildman–Crippen LogP) is 3.61. The van der Waals surface area contributed by atoms with Crippen LogP contribution in [-0.4, -0.2) is 28.7 Å². The third kappa shape index (κ3) is 2.88. The number of aromatic nitrogens is 1. The molecular weight excluding hydrogens is 328 g/mol. The van der Waals surface area contributed by atoms with Gasteiger partial charge in [0.05, 0.1) is 16.2 Å². The van der Waals surface area contributed by atoms with Crippen molar-refractivity contribution in [3.05, 3.63) is 39.1 Å². The number of rotatable bonds is 3. The molecule has 5 nitrogen and oxygen atoms in total. The summed E-state index contributed by atoms with van der Waals surface area (Å²) in [6.07, 6.45) is 3.75. The minimum absolute atomic E-state index is 0.222. The molecule has 0 amide bonds. The van der Waals surface area contributed by atoms with Gasteiger partial charge < -0.3 is 14.6 Å². The summed E-state index contributed by atoms with van der Waals surface area (Å²) in [5.74, 6) is -0.609. The molecule has 1 unspecified atom stereocenters. The van der Waals surface area contributed by atoms with Gasteiger partial charge in [-0.05, 0) is 37.8 Å². The van der Waals surface area contributed by atoms with E-state index in [0.717, 1.165) is 30.7 Å². The molecule has 0 aliphatic carbocycles. The van der Waals surface area contributed by atoms with Crippen LogP contribution in [0.25, 0.3) is 10.9 Å². The van der Waals surface area contributed by atoms with Crippen LogP contribution in [0.3, 0.4) is 0 Å². The van der Waals surface area contributed by atoms with Gasteiger partial charge in [-0.3, -0.25) is 4.79 Å². The molecule has 24 heavy (non-hydrogen) atoms. The van der Waals surface area contributed by atoms with Crippen LogP contribution in [0.15, 0.2) is 23.1 Å². The lowest BCUT2D eigenvalue weighted by atomic mass is 9.99. The van der Waals surface area contributed by atoms with Crippen LogP contribution in [0.2, 0.25) is 5.02 Å². The number of benzene rings is 1. The molecule has 0 spiro atoms. The van der Waals surface area contributed by atoms with Crippen molar-refractivity contribution in [2.45, 2.75) is 33.2 Å². The Labute approximate surface area is 145 Å². The third-order valence-electron chi connectivity index (χ3n) is 4.72. The summed E-state index contributed by atoms with van der Waals surface area (Å²) >= 11 is 6.45. The molecular formula is C18H21ClN2O3. The molecule has 128 valence electrons. The smallest absolute Gasteiger partial charge is 0.341 e. The molecule has 1 fully saturated rings. The van der Waals surface area contributed by atoms with Crippen LogP contribution < -0.4 is 10.3 Å². The lowest BCUT2D eigenvalue weighted by Gasteiger charge is -2.33. The Hall–Kier alpha value is -2.01. The van der Waals surface area contributed by atoms with E-state index in [9.17, 15) is 14.7 Å². The number of carbonyl (C=O) groups is 1. The van der Waals surface area contributed by atoms with Gasteiger partial charge in [-0.25, -0.2) is 4.79 Å². The molecule has 6 heteroatoms. The van der Waals surface area contributed by atoms with E-state index in [-0.39, 0.29) is 5.56 Å². The fraction of sp³-hybridized carbons (Fsp3) is 0.444. The second kappa shape index (κ2) is 6.48. The Kier molecular flexibility index (Phi) is 4.54. The number of halogens is 1. The van der Waals surface area contributed by atoms with Crippen LogP contribution in [0.5, 0.6) is 0 Å². The SMILES string of the molecule is CCn1cc(C(=O)O)c(=O)c2cc(Cl)c(N3CCCC(C)C3)cc21. The Morgan fingerprint density at radius 2 is 2.17 bits per heavy atom. The van der Waals surface area contributed by atoms with E-state index < -0.39 is 11.4 Å². The predicted molar refractivity (Wildman–Crippen MR) is 96.5 cm³/mol. The molecule has 0 radical (unpaired) electrons. The number of anilines is 1. The molecule has 1 saturated heterocycles. The van der Waals surface area contributed by atoms with Gasteiger partial charge in [-0.2, -0.15) is 0 Å². The quantitative estimate of drug-likeness (QED) is 0.920. The van der Waals surface area contributed by atoms with Crippen molar-refractivity contribution in [1.82, 2.24) is 4.57 Å². The molecule has 1 aromatic heterocycles. The van der Waals surface area contributed by atoms with Crippen LogP contribution >= 0.6 is 11.6 Å². The lowest BCUT2D eigenvalue weighted by Crippen LogP contribution is -2.34. The number of fused-ring (bicyclic) bond motifs is 1. The molecule has 2 heterocycles. The first-order valence-corrected chi connectivity index (χ1v) is 8.65. The first-order valence-electron chi connectivity index (χ1n) is 8.27. The number of nitrogens with zero attached hydrogens (tertiary/aromatic N) is 2. The molecule has 3 rings (SSSR count). The maximum Gasteiger partial charge on any atom is 0.341 e. The summed E-state index contributed by atoms with van der Waals surface area (Å²) in [6, 6.07) is 3.54. The zero-order valence-electron chi connectivity index (χ0n) is 13.9. The molecule has 1 aromatic carbocycles. The van der Waals surface area contributed by atoms with Crippen molar-refractivity contribution >= 4 is 34.2 Å². The highest BCUT2D eigenvalue weighted by Gasteiger charge is 2.21. The van der Waals surface area contributed by atoms with E-state index in [2.05, 4.69) is 11.8 Å². The Balaban J connectivity index is 2.22. The van der Waals surface area contributed by atoms with Crippen molar-refractivity contribution in [3.8, 4) is 0 Å². The molecule has 1 N–H and O–H groups in total. The molecule has 0 bridgehead atoms. The zero-order valence-corrected chi connectivity index (χ0v) is 14.6. The highest BCUT2D eigenvalue weighted by molar-refractivity contribution is 6.34. The van der Waals surface area contributed by atoms with E-state index in [1.165, 1.54) is 12.6 Å². The fourth-order valence-electron chi connectivity index (χ4n) is 3.46. The van der Waals surface area contributed by atoms with Crippen molar-refractivity contribution in [3.63, 3.8) is 0 Å². The number of pyridine rings is 1. The van der Waals surface area contributed by atoms with Crippen LogP contribution in [0.4, 0.5) is 5.69 Å². The van der Waals surface area contributed by atoms with Crippen molar-refractivity contribution < 1.29 is 9.90 Å². The summed E-state index contributed by atoms with van der Waals surface area (Å²) in [5.41, 5.74) is 0.938. The molecule has 0 saturated carbocycles. The van der Waals surface area contributed by atoms with Gasteiger partial charge in [0, 0.05) is 31.2 Å². The monoisotopic (exact) mass is 348 g/mol. The lowest BCUT2D eigenvalue weighted by molar-refractivity contribution is 0.0695. The highest BCUT2D eigenvalue weighted by Crippen LogP contribution is 2.33. The Morgan fingerprint density at radius 1 is 1.42 bits per heavy atom. The summed E-state index contributed by atoms with van der Waals surface area (Å²) in [5, 5.41) is 10.1. The normalized spacial score (nSPS) is 18.1. The third-order valence-corrected chi connectivity index (χ3v) is 5.02. The van der Waals surface area contributed by atoms with Crippen molar-refractivity contribution in [2.24, 2.45) is 5.92 Å². The maximum absolute atomic E-state index is 12.5. The standard InChI is InChI=1S/C18H21ClN2O3/c1-3-20-10-13(18(23)24)17(22)12-7-14(19)16(8-15(12)20)21-6-4-5-11(2)9-21/h7-8,10-11H,3-6,9H2,1-2H3,(H,23,24).